The summed E-state index contributed by atoms with van der Waals surface area (Å²) in [5.74, 6) is 0. The monoisotopic (exact) mass is 318 g/mol. The topological polar surface area (TPSA) is 89.3 Å². The second-order valence-electron chi connectivity index (χ2n) is 5.31. The van der Waals surface area contributed by atoms with Crippen LogP contribution in [0.5, 0.6) is 0 Å². The Kier molecular flexibility index (Phi) is 3.37. The zero-order valence-corrected chi connectivity index (χ0v) is 12.7. The Morgan fingerprint density at radius 3 is 2.45 bits per heavy atom. The Hall–Kier alpha value is -2.41. The molecular formula is C15H14N2O4S. The maximum Gasteiger partial charge on any atom is 0.293 e. The summed E-state index contributed by atoms with van der Waals surface area (Å²) < 4.78 is 25.1. The minimum atomic E-state index is -3.57. The fraction of sp³-hybridized carbons (Fsp3) is 0.200. The summed E-state index contributed by atoms with van der Waals surface area (Å²) >= 11 is 0. The zero-order valence-electron chi connectivity index (χ0n) is 11.9. The summed E-state index contributed by atoms with van der Waals surface area (Å²) in [6, 6.07) is 10.8. The van der Waals surface area contributed by atoms with Crippen molar-refractivity contribution in [2.24, 2.45) is 0 Å². The summed E-state index contributed by atoms with van der Waals surface area (Å²) in [5, 5.41) is 11.3. The SMILES string of the molecule is CS(=O)(=O)Nc1cc2c(cc1[N+](=O)[O-])-c1ccccc1CC2. The van der Waals surface area contributed by atoms with Gasteiger partial charge >= 0.3 is 0 Å². The number of anilines is 1. The van der Waals surface area contributed by atoms with Crippen LogP contribution in [0.1, 0.15) is 11.1 Å². The summed E-state index contributed by atoms with van der Waals surface area (Å²) in [7, 11) is -3.57. The smallest absolute Gasteiger partial charge is 0.277 e. The number of nitrogens with zero attached hydrogens (tertiary/aromatic N) is 1. The van der Waals surface area contributed by atoms with Gasteiger partial charge in [0.1, 0.15) is 5.69 Å². The van der Waals surface area contributed by atoms with Gasteiger partial charge in [0.05, 0.1) is 11.2 Å². The molecule has 0 amide bonds. The Labute approximate surface area is 128 Å². The number of nitro benzene ring substituents is 1. The molecule has 0 aromatic heterocycles. The van der Waals surface area contributed by atoms with E-state index >= 15 is 0 Å². The highest BCUT2D eigenvalue weighted by molar-refractivity contribution is 7.92. The summed E-state index contributed by atoms with van der Waals surface area (Å²) in [4.78, 5) is 10.7. The molecule has 0 saturated heterocycles. The molecule has 7 heteroatoms. The van der Waals surface area contributed by atoms with Gasteiger partial charge in [-0.3, -0.25) is 14.8 Å². The van der Waals surface area contributed by atoms with Crippen LogP contribution in [0.2, 0.25) is 0 Å². The molecule has 114 valence electrons. The molecule has 0 fully saturated rings. The van der Waals surface area contributed by atoms with Crippen molar-refractivity contribution in [3.63, 3.8) is 0 Å². The lowest BCUT2D eigenvalue weighted by atomic mass is 9.85. The van der Waals surface area contributed by atoms with Crippen molar-refractivity contribution in [3.8, 4) is 11.1 Å². The maximum atomic E-state index is 11.4. The van der Waals surface area contributed by atoms with Crippen molar-refractivity contribution in [3.05, 3.63) is 57.6 Å². The van der Waals surface area contributed by atoms with E-state index in [1.54, 1.807) is 6.07 Å². The average Bonchev–Trinajstić information content (AvgIpc) is 2.44. The van der Waals surface area contributed by atoms with E-state index in [2.05, 4.69) is 4.72 Å². The molecule has 0 saturated carbocycles. The van der Waals surface area contributed by atoms with Crippen LogP contribution in [0.25, 0.3) is 11.1 Å². The van der Waals surface area contributed by atoms with Gasteiger partial charge in [0.25, 0.3) is 5.69 Å². The van der Waals surface area contributed by atoms with Gasteiger partial charge in [-0.15, -0.1) is 0 Å². The molecule has 0 unspecified atom stereocenters. The first-order chi connectivity index (χ1) is 10.3. The van der Waals surface area contributed by atoms with Gasteiger partial charge in [0, 0.05) is 6.07 Å². The Morgan fingerprint density at radius 1 is 1.09 bits per heavy atom. The molecule has 1 aliphatic rings. The third kappa shape index (κ3) is 2.67. The van der Waals surface area contributed by atoms with Crippen LogP contribution >= 0.6 is 0 Å². The molecule has 0 spiro atoms. The van der Waals surface area contributed by atoms with Crippen LogP contribution in [-0.4, -0.2) is 19.6 Å². The molecule has 2 aromatic rings. The number of sulfonamides is 1. The van der Waals surface area contributed by atoms with E-state index in [4.69, 9.17) is 0 Å². The average molecular weight is 318 g/mol. The first-order valence-electron chi connectivity index (χ1n) is 6.72. The highest BCUT2D eigenvalue weighted by atomic mass is 32.2. The van der Waals surface area contributed by atoms with Crippen molar-refractivity contribution in [2.75, 3.05) is 11.0 Å². The lowest BCUT2D eigenvalue weighted by molar-refractivity contribution is -0.383. The molecule has 6 nitrogen and oxygen atoms in total. The minimum absolute atomic E-state index is 0.0191. The zero-order chi connectivity index (χ0) is 15.9. The molecular weight excluding hydrogens is 304 g/mol. The van der Waals surface area contributed by atoms with Crippen LogP contribution in [0.15, 0.2) is 36.4 Å². The van der Waals surface area contributed by atoms with E-state index in [0.29, 0.717) is 0 Å². The normalized spacial score (nSPS) is 13.1. The highest BCUT2D eigenvalue weighted by Crippen LogP contribution is 2.39. The lowest BCUT2D eigenvalue weighted by Crippen LogP contribution is -2.13. The van der Waals surface area contributed by atoms with Crippen molar-refractivity contribution in [1.82, 2.24) is 0 Å². The van der Waals surface area contributed by atoms with Crippen molar-refractivity contribution >= 4 is 21.4 Å². The van der Waals surface area contributed by atoms with Crippen LogP contribution in [0, 0.1) is 10.1 Å². The van der Waals surface area contributed by atoms with E-state index in [1.807, 2.05) is 24.3 Å². The van der Waals surface area contributed by atoms with E-state index in [0.717, 1.165) is 41.4 Å². The summed E-state index contributed by atoms with van der Waals surface area (Å²) in [6.45, 7) is 0. The van der Waals surface area contributed by atoms with E-state index in [9.17, 15) is 18.5 Å². The van der Waals surface area contributed by atoms with E-state index < -0.39 is 14.9 Å². The van der Waals surface area contributed by atoms with Crippen molar-refractivity contribution in [2.45, 2.75) is 12.8 Å². The van der Waals surface area contributed by atoms with Crippen LogP contribution in [0.3, 0.4) is 0 Å². The fourth-order valence-electron chi connectivity index (χ4n) is 2.79. The third-order valence-electron chi connectivity index (χ3n) is 3.68. The minimum Gasteiger partial charge on any atom is -0.277 e. The van der Waals surface area contributed by atoms with Gasteiger partial charge in [-0.05, 0) is 41.2 Å². The molecule has 2 aromatic carbocycles. The number of aryl methyl sites for hydroxylation is 2. The highest BCUT2D eigenvalue weighted by Gasteiger charge is 2.24. The largest absolute Gasteiger partial charge is 0.293 e. The first kappa shape index (κ1) is 14.5. The molecule has 1 aliphatic carbocycles. The van der Waals surface area contributed by atoms with E-state index in [-0.39, 0.29) is 11.4 Å². The van der Waals surface area contributed by atoms with Gasteiger partial charge in [-0.2, -0.15) is 0 Å². The second-order valence-corrected chi connectivity index (χ2v) is 7.06. The second kappa shape index (κ2) is 5.10. The number of nitrogens with one attached hydrogen (secondary N) is 1. The molecule has 0 atom stereocenters. The molecule has 22 heavy (non-hydrogen) atoms. The fourth-order valence-corrected chi connectivity index (χ4v) is 3.36. The third-order valence-corrected chi connectivity index (χ3v) is 4.28. The molecule has 0 aliphatic heterocycles. The lowest BCUT2D eigenvalue weighted by Gasteiger charge is -2.20. The maximum absolute atomic E-state index is 11.4. The molecule has 0 radical (unpaired) electrons. The van der Waals surface area contributed by atoms with Gasteiger partial charge in [-0.25, -0.2) is 8.42 Å². The van der Waals surface area contributed by atoms with Crippen molar-refractivity contribution in [1.29, 1.82) is 0 Å². The van der Waals surface area contributed by atoms with Gasteiger partial charge in [-0.1, -0.05) is 24.3 Å². The molecule has 0 heterocycles. The van der Waals surface area contributed by atoms with Crippen LogP contribution in [-0.2, 0) is 22.9 Å². The van der Waals surface area contributed by atoms with Crippen LogP contribution in [0.4, 0.5) is 11.4 Å². The van der Waals surface area contributed by atoms with Gasteiger partial charge in [0.2, 0.25) is 10.0 Å². The standard InChI is InChI=1S/C15H14N2O4S/c1-22(20,21)16-14-8-11-7-6-10-4-2-3-5-12(10)13(11)9-15(14)17(18)19/h2-5,8-9,16H,6-7H2,1H3. The first-order valence-corrected chi connectivity index (χ1v) is 8.62. The number of hydrogen-bond donors (Lipinski definition) is 1. The quantitative estimate of drug-likeness (QED) is 0.696. The van der Waals surface area contributed by atoms with Crippen molar-refractivity contribution < 1.29 is 13.3 Å². The number of rotatable bonds is 3. The number of fused-ring (bicyclic) bond motifs is 3. The number of hydrogen-bond acceptors (Lipinski definition) is 4. The number of benzene rings is 2. The summed E-state index contributed by atoms with van der Waals surface area (Å²) in [6.07, 6.45) is 2.54. The Balaban J connectivity index is 2.21. The Morgan fingerprint density at radius 2 is 1.77 bits per heavy atom. The Bertz CT molecular complexity index is 875. The number of nitro groups is 1. The predicted octanol–water partition coefficient (Wildman–Crippen LogP) is 2.73. The van der Waals surface area contributed by atoms with Gasteiger partial charge in [0.15, 0.2) is 0 Å². The van der Waals surface area contributed by atoms with Gasteiger partial charge < -0.3 is 0 Å². The molecule has 1 N–H and O–H groups in total. The summed E-state index contributed by atoms with van der Waals surface area (Å²) in [5.41, 5.74) is 3.61. The van der Waals surface area contributed by atoms with Crippen LogP contribution < -0.4 is 4.72 Å². The molecule has 3 rings (SSSR count). The van der Waals surface area contributed by atoms with E-state index in [1.165, 1.54) is 6.07 Å². The molecule has 0 bridgehead atoms. The predicted molar refractivity (Wildman–Crippen MR) is 84.4 cm³/mol.